The number of carbonyl (C=O) groups excluding carboxylic acids is 4. The molecule has 3 fully saturated rings. The Labute approximate surface area is 208 Å². The van der Waals surface area contributed by atoms with Gasteiger partial charge < -0.3 is 0 Å². The van der Waals surface area contributed by atoms with Crippen LogP contribution in [0.4, 0.5) is 0 Å². The smallest absolute Gasteiger partial charge is 0.211 e. The van der Waals surface area contributed by atoms with Crippen molar-refractivity contribution >= 4 is 24.3 Å². The summed E-state index contributed by atoms with van der Waals surface area (Å²) in [7, 11) is 0. The third-order valence-corrected chi connectivity index (χ3v) is 8.04. The monoisotopic (exact) mass is 484 g/mol. The Morgan fingerprint density at radius 3 is 1.66 bits per heavy atom. The molecule has 2 atom stereocenters. The molecule has 0 aromatic carbocycles. The van der Waals surface area contributed by atoms with Crippen LogP contribution in [0.5, 0.6) is 0 Å². The van der Waals surface area contributed by atoms with Crippen molar-refractivity contribution in [3.8, 4) is 0 Å². The molecule has 0 aromatic rings. The van der Waals surface area contributed by atoms with Crippen molar-refractivity contribution in [2.75, 3.05) is 6.54 Å². The lowest BCUT2D eigenvalue weighted by Gasteiger charge is -2.44. The fraction of sp³-hybridized carbons (Fsp3) is 0.852. The van der Waals surface area contributed by atoms with E-state index in [1.165, 1.54) is 12.8 Å². The van der Waals surface area contributed by atoms with Gasteiger partial charge in [-0.1, -0.05) is 59.3 Å². The van der Waals surface area contributed by atoms with Crippen LogP contribution in [0.1, 0.15) is 104 Å². The largest absolute Gasteiger partial charge is 0.237 e. The molecule has 0 aromatic heterocycles. The van der Waals surface area contributed by atoms with Gasteiger partial charge in [0.1, 0.15) is 0 Å². The minimum atomic E-state index is -0.857. The maximum absolute atomic E-state index is 10.9. The molecule has 3 rings (SSSR count). The minimum absolute atomic E-state index is 0.00750. The maximum Gasteiger partial charge on any atom is 0.237 e. The van der Waals surface area contributed by atoms with E-state index >= 15 is 0 Å². The fourth-order valence-electron chi connectivity index (χ4n) is 7.01. The van der Waals surface area contributed by atoms with Gasteiger partial charge >= 0.3 is 0 Å². The first kappa shape index (κ1) is 28.8. The summed E-state index contributed by atoms with van der Waals surface area (Å²) in [6.07, 6.45) is 20.3. The Hall–Kier alpha value is -2.48. The van der Waals surface area contributed by atoms with Crippen LogP contribution in [0.2, 0.25) is 0 Å². The highest BCUT2D eigenvalue weighted by molar-refractivity contribution is 5.40. The molecule has 2 unspecified atom stereocenters. The highest BCUT2D eigenvalue weighted by atomic mass is 16.1. The van der Waals surface area contributed by atoms with E-state index in [2.05, 4.69) is 40.7 Å². The van der Waals surface area contributed by atoms with Crippen LogP contribution in [0, 0.1) is 22.7 Å². The molecule has 0 heterocycles. The predicted molar refractivity (Wildman–Crippen MR) is 133 cm³/mol. The van der Waals surface area contributed by atoms with Crippen LogP contribution >= 0.6 is 0 Å². The topological polar surface area (TPSA) is 118 Å². The average molecular weight is 485 g/mol. The average Bonchev–Trinajstić information content (AvgIpc) is 2.83. The van der Waals surface area contributed by atoms with Gasteiger partial charge in [-0.05, 0) is 55.8 Å². The summed E-state index contributed by atoms with van der Waals surface area (Å²) in [5.41, 5.74) is -0.801. The molecular weight excluding hydrogens is 444 g/mol. The predicted octanol–water partition coefficient (Wildman–Crippen LogP) is 5.76. The van der Waals surface area contributed by atoms with Crippen LogP contribution in [0.25, 0.3) is 0 Å². The lowest BCUT2D eigenvalue weighted by molar-refractivity contribution is 0.0915. The van der Waals surface area contributed by atoms with Crippen molar-refractivity contribution in [3.63, 3.8) is 0 Å². The Morgan fingerprint density at radius 1 is 0.714 bits per heavy atom. The van der Waals surface area contributed by atoms with Crippen LogP contribution in [0.15, 0.2) is 20.0 Å². The first-order chi connectivity index (χ1) is 16.7. The number of hydrogen-bond donors (Lipinski definition) is 0. The second-order valence-electron chi connectivity index (χ2n) is 11.7. The zero-order valence-corrected chi connectivity index (χ0v) is 21.6. The first-order valence-corrected chi connectivity index (χ1v) is 13.0. The number of aliphatic imine (C=N–C) groups is 4. The highest BCUT2D eigenvalue weighted by Crippen LogP contribution is 2.47. The van der Waals surface area contributed by atoms with E-state index in [1.54, 1.807) is 24.3 Å². The molecule has 192 valence electrons. The lowest BCUT2D eigenvalue weighted by atomic mass is 9.63. The van der Waals surface area contributed by atoms with Gasteiger partial charge in [0.05, 0.1) is 12.6 Å². The Bertz CT molecular complexity index is 843. The first-order valence-electron chi connectivity index (χ1n) is 13.0. The normalized spacial score (nSPS) is 26.9. The number of isocyanates is 4. The molecule has 8 nitrogen and oxygen atoms in total. The van der Waals surface area contributed by atoms with Gasteiger partial charge in [-0.15, -0.1) is 0 Å². The SMILES string of the molecule is CC1(C)CC(N=C=O)CC(C)(CN=C=O)C1.O=C=NC(N=C=O)(C1CCCCC1)C1CCCCC1. The molecule has 8 heteroatoms. The van der Waals surface area contributed by atoms with Gasteiger partial charge in [-0.25, -0.2) is 29.2 Å². The van der Waals surface area contributed by atoms with Crippen LogP contribution in [-0.2, 0) is 19.2 Å². The Morgan fingerprint density at radius 2 is 1.23 bits per heavy atom. The molecule has 3 aliphatic rings. The van der Waals surface area contributed by atoms with Crippen molar-refractivity contribution < 1.29 is 19.2 Å². The standard InChI is InChI=1S/C15H22N2O2.C12H18N2O2/c18-11-16-15(17-12-19,13-7-3-1-4-8-13)14-9-5-2-6-10-14;1-11(2)4-10(14-9-16)5-12(3,6-11)7-13-8-15/h13-14H,1-10H2;10H,4-7H2,1-3H3. The minimum Gasteiger partial charge on any atom is -0.211 e. The summed E-state index contributed by atoms with van der Waals surface area (Å²) in [5, 5.41) is 0. The van der Waals surface area contributed by atoms with Gasteiger partial charge in [0, 0.05) is 11.8 Å². The zero-order valence-electron chi connectivity index (χ0n) is 21.6. The lowest BCUT2D eigenvalue weighted by Crippen LogP contribution is -2.43. The second kappa shape index (κ2) is 13.6. The molecule has 0 amide bonds. The Kier molecular flexibility index (Phi) is 11.1. The summed E-state index contributed by atoms with van der Waals surface area (Å²) in [6, 6.07) is 0.00750. The second-order valence-corrected chi connectivity index (χ2v) is 11.7. The molecule has 0 radical (unpaired) electrons. The zero-order chi connectivity index (χ0) is 25.8. The van der Waals surface area contributed by atoms with E-state index in [0.29, 0.717) is 6.54 Å². The van der Waals surface area contributed by atoms with Gasteiger partial charge in [-0.2, -0.15) is 9.98 Å². The van der Waals surface area contributed by atoms with E-state index in [1.807, 2.05) is 0 Å². The van der Waals surface area contributed by atoms with Crippen LogP contribution < -0.4 is 0 Å². The molecule has 35 heavy (non-hydrogen) atoms. The van der Waals surface area contributed by atoms with Crippen molar-refractivity contribution in [1.29, 1.82) is 0 Å². The summed E-state index contributed by atoms with van der Waals surface area (Å²) in [4.78, 5) is 57.9. The van der Waals surface area contributed by atoms with E-state index in [-0.39, 0.29) is 28.7 Å². The Balaban J connectivity index is 0.000000251. The molecule has 0 N–H and O–H groups in total. The van der Waals surface area contributed by atoms with Crippen molar-refractivity contribution in [3.05, 3.63) is 0 Å². The molecule has 3 saturated carbocycles. The van der Waals surface area contributed by atoms with Gasteiger partial charge in [0.2, 0.25) is 24.3 Å². The summed E-state index contributed by atoms with van der Waals surface area (Å²) < 4.78 is 0. The van der Waals surface area contributed by atoms with E-state index < -0.39 is 5.66 Å². The molecule has 0 spiro atoms. The third kappa shape index (κ3) is 8.30. The summed E-state index contributed by atoms with van der Waals surface area (Å²) in [5.74, 6) is 0.430. The quantitative estimate of drug-likeness (QED) is 0.337. The van der Waals surface area contributed by atoms with Crippen LogP contribution in [-0.4, -0.2) is 42.6 Å². The number of hydrogen-bond acceptors (Lipinski definition) is 8. The van der Waals surface area contributed by atoms with E-state index in [0.717, 1.165) is 70.6 Å². The van der Waals surface area contributed by atoms with Crippen molar-refractivity contribution in [1.82, 2.24) is 0 Å². The summed E-state index contributed by atoms with van der Waals surface area (Å²) >= 11 is 0. The number of rotatable bonds is 7. The molecular formula is C27H40N4O4. The van der Waals surface area contributed by atoms with Crippen molar-refractivity contribution in [2.45, 2.75) is 116 Å². The molecule has 0 aliphatic heterocycles. The van der Waals surface area contributed by atoms with Crippen LogP contribution in [0.3, 0.4) is 0 Å². The van der Waals surface area contributed by atoms with E-state index in [9.17, 15) is 19.2 Å². The number of nitrogens with zero attached hydrogens (tertiary/aromatic N) is 4. The summed E-state index contributed by atoms with van der Waals surface area (Å²) in [6.45, 7) is 6.86. The van der Waals surface area contributed by atoms with Gasteiger partial charge in [0.25, 0.3) is 0 Å². The van der Waals surface area contributed by atoms with Gasteiger partial charge in [0.15, 0.2) is 5.66 Å². The molecule has 0 saturated heterocycles. The molecule has 3 aliphatic carbocycles. The van der Waals surface area contributed by atoms with Gasteiger partial charge in [-0.3, -0.25) is 0 Å². The van der Waals surface area contributed by atoms with E-state index in [4.69, 9.17) is 0 Å². The fourth-order valence-corrected chi connectivity index (χ4v) is 7.01. The third-order valence-electron chi connectivity index (χ3n) is 8.04. The maximum atomic E-state index is 10.9. The van der Waals surface area contributed by atoms with Crippen molar-refractivity contribution in [2.24, 2.45) is 42.6 Å². The highest BCUT2D eigenvalue weighted by Gasteiger charge is 2.46. The molecule has 0 bridgehead atoms.